The molecular weight excluding hydrogens is 444 g/mol. The molecule has 1 fully saturated rings. The Labute approximate surface area is 203 Å². The molecule has 4 aromatic rings. The molecule has 1 aliphatic heterocycles. The van der Waals surface area contributed by atoms with E-state index in [4.69, 9.17) is 25.2 Å². The molecule has 2 N–H and O–H groups in total. The summed E-state index contributed by atoms with van der Waals surface area (Å²) in [5.41, 5.74) is 8.46. The van der Waals surface area contributed by atoms with E-state index < -0.39 is 0 Å². The average Bonchev–Trinajstić information content (AvgIpc) is 3.17. The minimum atomic E-state index is -0.128. The zero-order valence-electron chi connectivity index (χ0n) is 19.8. The number of nitrogen functional groups attached to an aromatic ring is 1. The highest BCUT2D eigenvalue weighted by atomic mass is 16.5. The number of nitrogens with zero attached hydrogens (tertiary/aromatic N) is 5. The molecule has 0 atom stereocenters. The number of hydrogen-bond donors (Lipinski definition) is 1. The summed E-state index contributed by atoms with van der Waals surface area (Å²) in [5, 5.41) is 5.22. The number of rotatable bonds is 6. The van der Waals surface area contributed by atoms with Crippen molar-refractivity contribution < 1.29 is 14.3 Å². The molecule has 1 saturated heterocycles. The maximum atomic E-state index is 12.1. The fraction of sp³-hybridized carbons (Fsp3) is 0.308. The van der Waals surface area contributed by atoms with Crippen molar-refractivity contribution in [2.45, 2.75) is 19.8 Å². The van der Waals surface area contributed by atoms with E-state index in [-0.39, 0.29) is 11.9 Å². The smallest absolute Gasteiger partial charge is 0.309 e. The van der Waals surface area contributed by atoms with Crippen molar-refractivity contribution in [2.75, 3.05) is 30.3 Å². The molecule has 35 heavy (non-hydrogen) atoms. The van der Waals surface area contributed by atoms with Crippen LogP contribution in [0.3, 0.4) is 0 Å². The highest BCUT2D eigenvalue weighted by Crippen LogP contribution is 2.35. The monoisotopic (exact) mass is 472 g/mol. The number of piperidine rings is 1. The van der Waals surface area contributed by atoms with Crippen LogP contribution in [0.4, 0.5) is 11.8 Å². The molecular formula is C26H28N6O3. The lowest BCUT2D eigenvalue weighted by atomic mass is 9.97. The number of aromatic nitrogens is 4. The number of anilines is 2. The molecule has 0 aliphatic carbocycles. The first-order valence-electron chi connectivity index (χ1n) is 11.8. The van der Waals surface area contributed by atoms with Gasteiger partial charge in [-0.15, -0.1) is 0 Å². The fourth-order valence-electron chi connectivity index (χ4n) is 4.36. The number of aryl methyl sites for hydroxylation is 1. The fourth-order valence-corrected chi connectivity index (χ4v) is 4.36. The second-order valence-electron chi connectivity index (χ2n) is 8.54. The van der Waals surface area contributed by atoms with Crippen molar-refractivity contribution in [2.24, 2.45) is 13.0 Å². The predicted molar refractivity (Wildman–Crippen MR) is 134 cm³/mol. The minimum Gasteiger partial charge on any atom is -0.466 e. The number of carbonyl (C=O) groups excluding carboxylic acids is 1. The van der Waals surface area contributed by atoms with Gasteiger partial charge in [-0.2, -0.15) is 10.1 Å². The number of ether oxygens (including phenoxy) is 2. The van der Waals surface area contributed by atoms with Crippen molar-refractivity contribution in [3.05, 3.63) is 54.6 Å². The minimum absolute atomic E-state index is 0.0910. The normalized spacial score (nSPS) is 14.3. The van der Waals surface area contributed by atoms with Crippen LogP contribution in [0.15, 0.2) is 54.6 Å². The van der Waals surface area contributed by atoms with E-state index in [0.29, 0.717) is 66.8 Å². The third-order valence-electron chi connectivity index (χ3n) is 6.21. The van der Waals surface area contributed by atoms with Crippen LogP contribution in [0.5, 0.6) is 11.5 Å². The van der Waals surface area contributed by atoms with Crippen LogP contribution < -0.4 is 15.4 Å². The van der Waals surface area contributed by atoms with E-state index in [2.05, 4.69) is 10.00 Å². The van der Waals surface area contributed by atoms with E-state index in [1.807, 2.05) is 61.5 Å². The van der Waals surface area contributed by atoms with Crippen LogP contribution in [0.1, 0.15) is 19.8 Å². The van der Waals surface area contributed by atoms with Crippen LogP contribution in [0, 0.1) is 5.92 Å². The Morgan fingerprint density at radius 1 is 1.06 bits per heavy atom. The number of carbonyl (C=O) groups is 1. The molecule has 1 aliphatic rings. The molecule has 180 valence electrons. The maximum absolute atomic E-state index is 12.1. The van der Waals surface area contributed by atoms with Crippen LogP contribution >= 0.6 is 0 Å². The molecule has 0 amide bonds. The summed E-state index contributed by atoms with van der Waals surface area (Å²) in [7, 11) is 1.79. The van der Waals surface area contributed by atoms with Gasteiger partial charge in [0.2, 0.25) is 5.95 Å². The molecule has 0 bridgehead atoms. The predicted octanol–water partition coefficient (Wildman–Crippen LogP) is 4.18. The number of esters is 1. The van der Waals surface area contributed by atoms with E-state index in [1.165, 1.54) is 0 Å². The topological polar surface area (TPSA) is 108 Å². The third kappa shape index (κ3) is 4.62. The van der Waals surface area contributed by atoms with E-state index >= 15 is 0 Å². The average molecular weight is 473 g/mol. The molecule has 0 spiro atoms. The van der Waals surface area contributed by atoms with Crippen molar-refractivity contribution >= 4 is 28.8 Å². The van der Waals surface area contributed by atoms with Crippen molar-refractivity contribution in [1.82, 2.24) is 19.7 Å². The zero-order valence-corrected chi connectivity index (χ0v) is 19.8. The highest BCUT2D eigenvalue weighted by molar-refractivity contribution is 5.99. The van der Waals surface area contributed by atoms with Crippen molar-refractivity contribution in [3.8, 4) is 22.8 Å². The van der Waals surface area contributed by atoms with Gasteiger partial charge in [-0.1, -0.05) is 30.3 Å². The Morgan fingerprint density at radius 2 is 1.80 bits per heavy atom. The number of benzene rings is 2. The van der Waals surface area contributed by atoms with Crippen LogP contribution in [0.2, 0.25) is 0 Å². The van der Waals surface area contributed by atoms with Gasteiger partial charge in [0.15, 0.2) is 5.65 Å². The van der Waals surface area contributed by atoms with Crippen molar-refractivity contribution in [1.29, 1.82) is 0 Å². The quantitative estimate of drug-likeness (QED) is 0.416. The summed E-state index contributed by atoms with van der Waals surface area (Å²) in [4.78, 5) is 23.9. The first-order valence-corrected chi connectivity index (χ1v) is 11.8. The number of nitrogens with two attached hydrogens (primary N) is 1. The second-order valence-corrected chi connectivity index (χ2v) is 8.54. The van der Waals surface area contributed by atoms with Gasteiger partial charge in [0, 0.05) is 25.7 Å². The third-order valence-corrected chi connectivity index (χ3v) is 6.21. The zero-order chi connectivity index (χ0) is 24.4. The van der Waals surface area contributed by atoms with Gasteiger partial charge in [0.05, 0.1) is 23.6 Å². The Kier molecular flexibility index (Phi) is 6.22. The molecule has 5 rings (SSSR count). The Balaban J connectivity index is 1.49. The van der Waals surface area contributed by atoms with E-state index in [1.54, 1.807) is 11.7 Å². The lowest BCUT2D eigenvalue weighted by Gasteiger charge is -2.31. The van der Waals surface area contributed by atoms with Gasteiger partial charge < -0.3 is 20.1 Å². The summed E-state index contributed by atoms with van der Waals surface area (Å²) >= 11 is 0. The van der Waals surface area contributed by atoms with Gasteiger partial charge in [-0.25, -0.2) is 4.98 Å². The van der Waals surface area contributed by atoms with Gasteiger partial charge in [-0.05, 0) is 44.0 Å². The van der Waals surface area contributed by atoms with E-state index in [0.717, 1.165) is 11.3 Å². The van der Waals surface area contributed by atoms with Crippen LogP contribution in [-0.2, 0) is 16.6 Å². The Hall–Kier alpha value is -4.14. The first kappa shape index (κ1) is 22.6. The largest absolute Gasteiger partial charge is 0.466 e. The van der Waals surface area contributed by atoms with Gasteiger partial charge in [0.25, 0.3) is 0 Å². The molecule has 2 aromatic heterocycles. The Morgan fingerprint density at radius 3 is 2.54 bits per heavy atom. The standard InChI is InChI=1S/C26H28N6O3/c1-3-34-25(33)17-12-14-32(15-13-17)26-28-22(21-23(27)31(2)30-24(21)29-26)18-8-7-11-20(16-18)35-19-9-5-4-6-10-19/h4-11,16-17H,3,12-15,27H2,1-2H3. The molecule has 9 heteroatoms. The molecule has 0 unspecified atom stereocenters. The van der Waals surface area contributed by atoms with Gasteiger partial charge >= 0.3 is 5.97 Å². The second kappa shape index (κ2) is 9.61. The molecule has 3 heterocycles. The molecule has 0 saturated carbocycles. The first-order chi connectivity index (χ1) is 17.0. The molecule has 9 nitrogen and oxygen atoms in total. The van der Waals surface area contributed by atoms with Crippen LogP contribution in [-0.4, -0.2) is 45.4 Å². The summed E-state index contributed by atoms with van der Waals surface area (Å²) in [6.07, 6.45) is 1.39. The summed E-state index contributed by atoms with van der Waals surface area (Å²) in [6.45, 7) is 3.55. The maximum Gasteiger partial charge on any atom is 0.309 e. The molecule has 0 radical (unpaired) electrons. The summed E-state index contributed by atoms with van der Waals surface area (Å²) < 4.78 is 12.9. The van der Waals surface area contributed by atoms with Gasteiger partial charge in [0.1, 0.15) is 17.3 Å². The Bertz CT molecular complexity index is 1350. The number of para-hydroxylation sites is 1. The van der Waals surface area contributed by atoms with E-state index in [9.17, 15) is 4.79 Å². The lowest BCUT2D eigenvalue weighted by Crippen LogP contribution is -2.38. The SMILES string of the molecule is CCOC(=O)C1CCN(c2nc(-c3cccc(Oc4ccccc4)c3)c3c(N)n(C)nc3n2)CC1. The summed E-state index contributed by atoms with van der Waals surface area (Å²) in [5.74, 6) is 2.30. The molecule has 2 aromatic carbocycles. The number of fused-ring (bicyclic) bond motifs is 1. The highest BCUT2D eigenvalue weighted by Gasteiger charge is 2.28. The van der Waals surface area contributed by atoms with Crippen molar-refractivity contribution in [3.63, 3.8) is 0 Å². The van der Waals surface area contributed by atoms with Gasteiger partial charge in [-0.3, -0.25) is 9.48 Å². The summed E-state index contributed by atoms with van der Waals surface area (Å²) in [6, 6.07) is 17.4. The number of hydrogen-bond acceptors (Lipinski definition) is 8. The van der Waals surface area contributed by atoms with Crippen LogP contribution in [0.25, 0.3) is 22.3 Å². The lowest BCUT2D eigenvalue weighted by molar-refractivity contribution is -0.148.